The van der Waals surface area contributed by atoms with E-state index in [1.165, 1.54) is 5.56 Å². The van der Waals surface area contributed by atoms with Gasteiger partial charge in [0.15, 0.2) is 0 Å². The normalized spacial score (nSPS) is 19.7. The molecule has 2 atom stereocenters. The van der Waals surface area contributed by atoms with Crippen molar-refractivity contribution in [1.82, 2.24) is 10.2 Å². The minimum absolute atomic E-state index is 0.309. The molecule has 1 aliphatic heterocycles. The van der Waals surface area contributed by atoms with Gasteiger partial charge in [-0.25, -0.2) is 0 Å². The third-order valence-corrected chi connectivity index (χ3v) is 3.77. The maximum Gasteiger partial charge on any atom is 0.0791 e. The lowest BCUT2D eigenvalue weighted by atomic mass is 10.0. The van der Waals surface area contributed by atoms with Crippen LogP contribution in [-0.2, 0) is 4.74 Å². The number of rotatable bonds is 7. The van der Waals surface area contributed by atoms with Crippen LogP contribution in [0.2, 0.25) is 0 Å². The smallest absolute Gasteiger partial charge is 0.0791 e. The monoisotopic (exact) mass is 278 g/mol. The maximum absolute atomic E-state index is 10.0. The lowest BCUT2D eigenvalue weighted by molar-refractivity contribution is 0.0149. The number of aliphatic hydroxyl groups excluding tert-OH is 1. The highest BCUT2D eigenvalue weighted by Gasteiger charge is 2.14. The minimum atomic E-state index is -0.309. The first kappa shape index (κ1) is 15.4. The third-order valence-electron chi connectivity index (χ3n) is 3.77. The van der Waals surface area contributed by atoms with Gasteiger partial charge in [-0.2, -0.15) is 0 Å². The van der Waals surface area contributed by atoms with Gasteiger partial charge in [-0.1, -0.05) is 37.3 Å². The Morgan fingerprint density at radius 2 is 1.90 bits per heavy atom. The molecule has 112 valence electrons. The fourth-order valence-electron chi connectivity index (χ4n) is 2.51. The molecule has 0 amide bonds. The quantitative estimate of drug-likeness (QED) is 0.783. The average Bonchev–Trinajstić information content (AvgIpc) is 2.49. The lowest BCUT2D eigenvalue weighted by Crippen LogP contribution is -2.44. The van der Waals surface area contributed by atoms with Crippen LogP contribution in [0, 0.1) is 0 Å². The topological polar surface area (TPSA) is 44.7 Å². The van der Waals surface area contributed by atoms with E-state index < -0.39 is 0 Å². The Hall–Kier alpha value is -0.940. The first-order valence-electron chi connectivity index (χ1n) is 7.49. The summed E-state index contributed by atoms with van der Waals surface area (Å²) in [6.45, 7) is 7.90. The second-order valence-corrected chi connectivity index (χ2v) is 5.54. The predicted molar refractivity (Wildman–Crippen MR) is 81.0 cm³/mol. The minimum Gasteiger partial charge on any atom is -0.390 e. The van der Waals surface area contributed by atoms with Crippen LogP contribution in [0.1, 0.15) is 18.4 Å². The second-order valence-electron chi connectivity index (χ2n) is 5.54. The summed E-state index contributed by atoms with van der Waals surface area (Å²) in [6, 6.07) is 10.5. The van der Waals surface area contributed by atoms with Crippen molar-refractivity contribution in [2.45, 2.75) is 18.9 Å². The van der Waals surface area contributed by atoms with Crippen LogP contribution >= 0.6 is 0 Å². The van der Waals surface area contributed by atoms with Gasteiger partial charge in [0, 0.05) is 32.7 Å². The molecule has 4 nitrogen and oxygen atoms in total. The second kappa shape index (κ2) is 8.37. The van der Waals surface area contributed by atoms with Crippen LogP contribution in [0.15, 0.2) is 30.3 Å². The first-order valence-corrected chi connectivity index (χ1v) is 7.49. The molecular weight excluding hydrogens is 252 g/mol. The van der Waals surface area contributed by atoms with E-state index in [1.807, 2.05) is 6.07 Å². The summed E-state index contributed by atoms with van der Waals surface area (Å²) in [5, 5.41) is 13.4. The molecule has 1 aromatic rings. The summed E-state index contributed by atoms with van der Waals surface area (Å²) in [5.41, 5.74) is 1.34. The fraction of sp³-hybridized carbons (Fsp3) is 0.625. The SMILES string of the molecule is CC(CNCC(O)CN1CCOCC1)c1ccccc1. The van der Waals surface area contributed by atoms with Crippen LogP contribution in [0.25, 0.3) is 0 Å². The third kappa shape index (κ3) is 5.21. The molecule has 0 saturated carbocycles. The maximum atomic E-state index is 10.0. The van der Waals surface area contributed by atoms with E-state index in [-0.39, 0.29) is 6.10 Å². The van der Waals surface area contributed by atoms with Crippen LogP contribution < -0.4 is 5.32 Å². The summed E-state index contributed by atoms with van der Waals surface area (Å²) in [6.07, 6.45) is -0.309. The molecule has 1 aliphatic rings. The predicted octanol–water partition coefficient (Wildman–Crippen LogP) is 1.07. The molecule has 0 aliphatic carbocycles. The molecule has 1 fully saturated rings. The van der Waals surface area contributed by atoms with Crippen LogP contribution in [-0.4, -0.2) is 62.0 Å². The number of nitrogens with one attached hydrogen (secondary N) is 1. The van der Waals surface area contributed by atoms with Gasteiger partial charge in [-0.3, -0.25) is 4.90 Å². The van der Waals surface area contributed by atoms with E-state index in [2.05, 4.69) is 41.4 Å². The highest BCUT2D eigenvalue weighted by molar-refractivity contribution is 5.18. The van der Waals surface area contributed by atoms with Crippen molar-refractivity contribution in [1.29, 1.82) is 0 Å². The van der Waals surface area contributed by atoms with Crippen molar-refractivity contribution in [3.05, 3.63) is 35.9 Å². The molecule has 4 heteroatoms. The molecule has 0 bridgehead atoms. The number of hydrogen-bond donors (Lipinski definition) is 2. The molecular formula is C16H26N2O2. The number of benzene rings is 1. The molecule has 0 spiro atoms. The van der Waals surface area contributed by atoms with Gasteiger partial charge in [0.25, 0.3) is 0 Å². The molecule has 2 rings (SSSR count). The van der Waals surface area contributed by atoms with E-state index in [9.17, 15) is 5.11 Å². The van der Waals surface area contributed by atoms with E-state index in [1.54, 1.807) is 0 Å². The average molecular weight is 278 g/mol. The Bertz CT molecular complexity index is 366. The zero-order valence-electron chi connectivity index (χ0n) is 12.3. The van der Waals surface area contributed by atoms with Crippen LogP contribution in [0.5, 0.6) is 0 Å². The number of hydrogen-bond acceptors (Lipinski definition) is 4. The number of nitrogens with zero attached hydrogens (tertiary/aromatic N) is 1. The van der Waals surface area contributed by atoms with Gasteiger partial charge in [0.2, 0.25) is 0 Å². The standard InChI is InChI=1S/C16H26N2O2/c1-14(15-5-3-2-4-6-15)11-17-12-16(19)13-18-7-9-20-10-8-18/h2-6,14,16-17,19H,7-13H2,1H3. The van der Waals surface area contributed by atoms with Crippen molar-refractivity contribution in [3.63, 3.8) is 0 Å². The summed E-state index contributed by atoms with van der Waals surface area (Å²) in [7, 11) is 0. The molecule has 2 N–H and O–H groups in total. The number of ether oxygens (including phenoxy) is 1. The number of β-amino-alcohol motifs (C(OH)–C–C–N with tert-alkyl or cyclic N) is 1. The molecule has 2 unspecified atom stereocenters. The largest absolute Gasteiger partial charge is 0.390 e. The number of morpholine rings is 1. The Morgan fingerprint density at radius 3 is 2.60 bits per heavy atom. The first-order chi connectivity index (χ1) is 9.75. The number of aliphatic hydroxyl groups is 1. The van der Waals surface area contributed by atoms with Gasteiger partial charge < -0.3 is 15.2 Å². The van der Waals surface area contributed by atoms with Crippen LogP contribution in [0.3, 0.4) is 0 Å². The Labute approximate surface area is 121 Å². The Balaban J connectivity index is 1.62. The van der Waals surface area contributed by atoms with Crippen molar-refractivity contribution in [2.75, 3.05) is 45.9 Å². The van der Waals surface area contributed by atoms with Crippen molar-refractivity contribution >= 4 is 0 Å². The molecule has 20 heavy (non-hydrogen) atoms. The highest BCUT2D eigenvalue weighted by atomic mass is 16.5. The van der Waals surface area contributed by atoms with E-state index in [0.717, 1.165) is 39.4 Å². The van der Waals surface area contributed by atoms with Crippen molar-refractivity contribution in [2.24, 2.45) is 0 Å². The van der Waals surface area contributed by atoms with Gasteiger partial charge in [-0.05, 0) is 11.5 Å². The summed E-state index contributed by atoms with van der Waals surface area (Å²) in [5.74, 6) is 0.465. The summed E-state index contributed by atoms with van der Waals surface area (Å²) < 4.78 is 5.30. The van der Waals surface area contributed by atoms with Crippen molar-refractivity contribution < 1.29 is 9.84 Å². The molecule has 1 aromatic carbocycles. The van der Waals surface area contributed by atoms with Gasteiger partial charge >= 0.3 is 0 Å². The molecule has 1 heterocycles. The van der Waals surface area contributed by atoms with Gasteiger partial charge in [0.05, 0.1) is 19.3 Å². The van der Waals surface area contributed by atoms with Gasteiger partial charge in [-0.15, -0.1) is 0 Å². The molecule has 1 saturated heterocycles. The van der Waals surface area contributed by atoms with E-state index >= 15 is 0 Å². The zero-order valence-corrected chi connectivity index (χ0v) is 12.3. The van der Waals surface area contributed by atoms with Crippen molar-refractivity contribution in [3.8, 4) is 0 Å². The highest BCUT2D eigenvalue weighted by Crippen LogP contribution is 2.12. The lowest BCUT2D eigenvalue weighted by Gasteiger charge is -2.28. The Kier molecular flexibility index (Phi) is 6.47. The Morgan fingerprint density at radius 1 is 1.20 bits per heavy atom. The zero-order chi connectivity index (χ0) is 14.2. The van der Waals surface area contributed by atoms with Gasteiger partial charge in [0.1, 0.15) is 0 Å². The fourth-order valence-corrected chi connectivity index (χ4v) is 2.51. The summed E-state index contributed by atoms with van der Waals surface area (Å²) >= 11 is 0. The summed E-state index contributed by atoms with van der Waals surface area (Å²) in [4.78, 5) is 2.26. The molecule has 0 radical (unpaired) electrons. The van der Waals surface area contributed by atoms with E-state index in [0.29, 0.717) is 12.5 Å². The van der Waals surface area contributed by atoms with E-state index in [4.69, 9.17) is 4.74 Å². The molecule has 0 aromatic heterocycles. The van der Waals surface area contributed by atoms with Crippen LogP contribution in [0.4, 0.5) is 0 Å².